The number of nitrogens with one attached hydrogen (secondary N) is 1. The van der Waals surface area contributed by atoms with Crippen molar-refractivity contribution < 1.29 is 9.53 Å². The molecule has 0 unspecified atom stereocenters. The Morgan fingerprint density at radius 2 is 1.88 bits per heavy atom. The summed E-state index contributed by atoms with van der Waals surface area (Å²) < 4.78 is 5.41. The van der Waals surface area contributed by atoms with E-state index < -0.39 is 0 Å². The van der Waals surface area contributed by atoms with Crippen LogP contribution in [0.15, 0.2) is 42.5 Å². The van der Waals surface area contributed by atoms with Gasteiger partial charge in [-0.15, -0.1) is 0 Å². The van der Waals surface area contributed by atoms with E-state index in [4.69, 9.17) is 10.5 Å². The van der Waals surface area contributed by atoms with Gasteiger partial charge in [-0.2, -0.15) is 0 Å². The van der Waals surface area contributed by atoms with Crippen molar-refractivity contribution in [1.82, 2.24) is 10.2 Å². The molecule has 2 aromatic rings. The number of amides is 1. The van der Waals surface area contributed by atoms with Crippen LogP contribution in [0.25, 0.3) is 0 Å². The summed E-state index contributed by atoms with van der Waals surface area (Å²) in [6.45, 7) is 6.77. The van der Waals surface area contributed by atoms with Gasteiger partial charge in [-0.05, 0) is 35.7 Å². The van der Waals surface area contributed by atoms with Crippen molar-refractivity contribution in [1.29, 1.82) is 0 Å². The second-order valence-corrected chi connectivity index (χ2v) is 6.41. The van der Waals surface area contributed by atoms with Gasteiger partial charge in [0.25, 0.3) is 5.91 Å². The summed E-state index contributed by atoms with van der Waals surface area (Å²) in [5.41, 5.74) is 10.3. The molecule has 1 fully saturated rings. The smallest absolute Gasteiger partial charge is 0.251 e. The maximum Gasteiger partial charge on any atom is 0.251 e. The van der Waals surface area contributed by atoms with Crippen molar-refractivity contribution in [2.45, 2.75) is 20.0 Å². The number of nitrogens with zero attached hydrogens (tertiary/aromatic N) is 1. The zero-order valence-corrected chi connectivity index (χ0v) is 14.6. The van der Waals surface area contributed by atoms with E-state index >= 15 is 0 Å². The van der Waals surface area contributed by atoms with Gasteiger partial charge in [0.05, 0.1) is 13.2 Å². The summed E-state index contributed by atoms with van der Waals surface area (Å²) >= 11 is 0. The number of nitrogen functional groups attached to an aromatic ring is 1. The van der Waals surface area contributed by atoms with Gasteiger partial charge in [-0.3, -0.25) is 9.69 Å². The second kappa shape index (κ2) is 8.14. The van der Waals surface area contributed by atoms with Crippen LogP contribution in [0.3, 0.4) is 0 Å². The third kappa shape index (κ3) is 4.59. The third-order valence-electron chi connectivity index (χ3n) is 4.56. The lowest BCUT2D eigenvalue weighted by Gasteiger charge is -2.27. The molecular formula is C20H25N3O2. The van der Waals surface area contributed by atoms with Gasteiger partial charge < -0.3 is 15.8 Å². The lowest BCUT2D eigenvalue weighted by molar-refractivity contribution is 0.0340. The van der Waals surface area contributed by atoms with E-state index in [2.05, 4.69) is 22.3 Å². The Balaban J connectivity index is 1.66. The molecule has 0 spiro atoms. The molecule has 25 heavy (non-hydrogen) atoms. The largest absolute Gasteiger partial charge is 0.399 e. The first kappa shape index (κ1) is 17.5. The first-order valence-corrected chi connectivity index (χ1v) is 8.64. The lowest BCUT2D eigenvalue weighted by atomic mass is 10.1. The van der Waals surface area contributed by atoms with Crippen LogP contribution in [0.2, 0.25) is 0 Å². The molecule has 2 aromatic carbocycles. The number of carbonyl (C=O) groups excluding carboxylic acids is 1. The normalized spacial score (nSPS) is 15.1. The Hall–Kier alpha value is -2.37. The third-order valence-corrected chi connectivity index (χ3v) is 4.56. The zero-order valence-electron chi connectivity index (χ0n) is 14.6. The summed E-state index contributed by atoms with van der Waals surface area (Å²) in [6, 6.07) is 13.7. The number of benzene rings is 2. The molecule has 0 bridgehead atoms. The molecule has 5 nitrogen and oxygen atoms in total. The van der Waals surface area contributed by atoms with E-state index in [1.54, 1.807) is 6.07 Å². The second-order valence-electron chi connectivity index (χ2n) is 6.41. The van der Waals surface area contributed by atoms with E-state index in [1.165, 1.54) is 5.56 Å². The highest BCUT2D eigenvalue weighted by Crippen LogP contribution is 2.15. The fraction of sp³-hybridized carbons (Fsp3) is 0.350. The molecule has 0 aromatic heterocycles. The van der Waals surface area contributed by atoms with E-state index in [0.29, 0.717) is 17.8 Å². The molecule has 3 rings (SSSR count). The molecule has 0 saturated carbocycles. The van der Waals surface area contributed by atoms with E-state index in [9.17, 15) is 4.79 Å². The van der Waals surface area contributed by atoms with Crippen molar-refractivity contribution in [2.24, 2.45) is 0 Å². The van der Waals surface area contributed by atoms with Crippen LogP contribution >= 0.6 is 0 Å². The predicted molar refractivity (Wildman–Crippen MR) is 99.3 cm³/mol. The Morgan fingerprint density at radius 3 is 2.64 bits per heavy atom. The molecule has 1 amide bonds. The van der Waals surface area contributed by atoms with Gasteiger partial charge >= 0.3 is 0 Å². The maximum absolute atomic E-state index is 12.5. The molecule has 3 N–H and O–H groups in total. The minimum atomic E-state index is -0.0917. The Morgan fingerprint density at radius 1 is 1.16 bits per heavy atom. The number of hydrogen-bond donors (Lipinski definition) is 2. The van der Waals surface area contributed by atoms with Gasteiger partial charge in [0.1, 0.15) is 0 Å². The molecule has 1 saturated heterocycles. The number of ether oxygens (including phenoxy) is 1. The highest BCUT2D eigenvalue weighted by atomic mass is 16.5. The highest BCUT2D eigenvalue weighted by Gasteiger charge is 2.14. The summed E-state index contributed by atoms with van der Waals surface area (Å²) in [4.78, 5) is 14.9. The number of anilines is 1. The van der Waals surface area contributed by atoms with E-state index in [-0.39, 0.29) is 5.91 Å². The van der Waals surface area contributed by atoms with Crippen molar-refractivity contribution in [3.05, 3.63) is 64.7 Å². The van der Waals surface area contributed by atoms with Crippen LogP contribution < -0.4 is 11.1 Å². The molecule has 0 aliphatic carbocycles. The molecule has 1 heterocycles. The number of hydrogen-bond acceptors (Lipinski definition) is 4. The maximum atomic E-state index is 12.5. The standard InChI is InChI=1S/C20H25N3O2/c1-15-6-7-18(21)12-19(15)20(24)22-13-16-4-2-3-5-17(16)14-23-8-10-25-11-9-23/h2-7,12H,8-11,13-14,21H2,1H3,(H,22,24). The Bertz CT molecular complexity index is 739. The topological polar surface area (TPSA) is 67.6 Å². The minimum absolute atomic E-state index is 0.0917. The number of rotatable bonds is 5. The van der Waals surface area contributed by atoms with Gasteiger partial charge in [0.2, 0.25) is 0 Å². The average molecular weight is 339 g/mol. The van der Waals surface area contributed by atoms with Crippen LogP contribution in [0.4, 0.5) is 5.69 Å². The van der Waals surface area contributed by atoms with Crippen molar-refractivity contribution in [2.75, 3.05) is 32.0 Å². The van der Waals surface area contributed by atoms with Gasteiger partial charge in [0, 0.05) is 37.4 Å². The average Bonchev–Trinajstić information content (AvgIpc) is 2.63. The van der Waals surface area contributed by atoms with Crippen LogP contribution in [0, 0.1) is 6.92 Å². The van der Waals surface area contributed by atoms with Crippen molar-refractivity contribution in [3.63, 3.8) is 0 Å². The molecule has 0 atom stereocenters. The van der Waals surface area contributed by atoms with Gasteiger partial charge in [-0.1, -0.05) is 30.3 Å². The number of carbonyl (C=O) groups is 1. The molecular weight excluding hydrogens is 314 g/mol. The van der Waals surface area contributed by atoms with Crippen LogP contribution in [0.1, 0.15) is 27.0 Å². The molecule has 132 valence electrons. The van der Waals surface area contributed by atoms with E-state index in [0.717, 1.165) is 44.0 Å². The van der Waals surface area contributed by atoms with Gasteiger partial charge in [-0.25, -0.2) is 0 Å². The van der Waals surface area contributed by atoms with Gasteiger partial charge in [0.15, 0.2) is 0 Å². The number of morpholine rings is 1. The van der Waals surface area contributed by atoms with Crippen LogP contribution in [0.5, 0.6) is 0 Å². The van der Waals surface area contributed by atoms with Crippen LogP contribution in [-0.2, 0) is 17.8 Å². The summed E-state index contributed by atoms with van der Waals surface area (Å²) in [6.07, 6.45) is 0. The lowest BCUT2D eigenvalue weighted by Crippen LogP contribution is -2.36. The predicted octanol–water partition coefficient (Wildman–Crippen LogP) is 2.34. The molecule has 0 radical (unpaired) electrons. The fourth-order valence-electron chi connectivity index (χ4n) is 3.04. The fourth-order valence-corrected chi connectivity index (χ4v) is 3.04. The van der Waals surface area contributed by atoms with Crippen LogP contribution in [-0.4, -0.2) is 37.1 Å². The Kier molecular flexibility index (Phi) is 5.68. The van der Waals surface area contributed by atoms with Crippen molar-refractivity contribution >= 4 is 11.6 Å². The summed E-state index contributed by atoms with van der Waals surface area (Å²) in [7, 11) is 0. The highest BCUT2D eigenvalue weighted by molar-refractivity contribution is 5.96. The summed E-state index contributed by atoms with van der Waals surface area (Å²) in [5.74, 6) is -0.0917. The number of aryl methyl sites for hydroxylation is 1. The molecule has 1 aliphatic rings. The van der Waals surface area contributed by atoms with E-state index in [1.807, 2.05) is 31.2 Å². The minimum Gasteiger partial charge on any atom is -0.399 e. The first-order valence-electron chi connectivity index (χ1n) is 8.64. The zero-order chi connectivity index (χ0) is 17.6. The first-order chi connectivity index (χ1) is 12.1. The summed E-state index contributed by atoms with van der Waals surface area (Å²) in [5, 5.41) is 3.02. The van der Waals surface area contributed by atoms with Crippen molar-refractivity contribution in [3.8, 4) is 0 Å². The monoisotopic (exact) mass is 339 g/mol. The number of nitrogens with two attached hydrogens (primary N) is 1. The Labute approximate surface area is 148 Å². The SMILES string of the molecule is Cc1ccc(N)cc1C(=O)NCc1ccccc1CN1CCOCC1. The molecule has 1 aliphatic heterocycles. The quantitative estimate of drug-likeness (QED) is 0.821. The molecule has 5 heteroatoms.